The maximum Gasteiger partial charge on any atom is 0.316 e. The standard InChI is InChI=1S/C21H22ClFN2O2/c1-15(16-7-9-18(23)10-8-16)24-19(26)21(17-5-3-2-4-6-17)11-13-25(14-12-21)20(22)27/h2-10,15H,11-14H2,1H3,(H,24,26). The van der Waals surface area contributed by atoms with Crippen LogP contribution in [0, 0.1) is 5.82 Å². The highest BCUT2D eigenvalue weighted by atomic mass is 35.5. The summed E-state index contributed by atoms with van der Waals surface area (Å²) in [5.74, 6) is -0.400. The Morgan fingerprint density at radius 2 is 1.67 bits per heavy atom. The molecule has 1 heterocycles. The van der Waals surface area contributed by atoms with E-state index in [1.165, 1.54) is 12.1 Å². The number of carbonyl (C=O) groups is 2. The largest absolute Gasteiger partial charge is 0.349 e. The Morgan fingerprint density at radius 1 is 1.07 bits per heavy atom. The number of piperidine rings is 1. The van der Waals surface area contributed by atoms with Crippen molar-refractivity contribution in [1.82, 2.24) is 10.2 Å². The fraction of sp³-hybridized carbons (Fsp3) is 0.333. The Kier molecular flexibility index (Phi) is 5.80. The number of amides is 2. The summed E-state index contributed by atoms with van der Waals surface area (Å²) in [4.78, 5) is 26.3. The lowest BCUT2D eigenvalue weighted by Gasteiger charge is -2.41. The van der Waals surface area contributed by atoms with Crippen molar-refractivity contribution < 1.29 is 14.0 Å². The maximum absolute atomic E-state index is 13.3. The molecule has 1 aliphatic heterocycles. The van der Waals surface area contributed by atoms with Crippen LogP contribution < -0.4 is 5.32 Å². The van der Waals surface area contributed by atoms with E-state index in [0.29, 0.717) is 25.9 Å². The first-order valence-corrected chi connectivity index (χ1v) is 9.36. The van der Waals surface area contributed by atoms with Gasteiger partial charge in [0.1, 0.15) is 5.82 Å². The number of hydrogen-bond donors (Lipinski definition) is 1. The molecule has 6 heteroatoms. The lowest BCUT2D eigenvalue weighted by Crippen LogP contribution is -2.52. The SMILES string of the molecule is CC(NC(=O)C1(c2ccccc2)CCN(C(=O)Cl)CC1)c1ccc(F)cc1. The van der Waals surface area contributed by atoms with Crippen molar-refractivity contribution in [3.8, 4) is 0 Å². The quantitative estimate of drug-likeness (QED) is 0.623. The molecule has 142 valence electrons. The van der Waals surface area contributed by atoms with Crippen LogP contribution in [0.2, 0.25) is 0 Å². The summed E-state index contributed by atoms with van der Waals surface area (Å²) in [5, 5.41) is 2.58. The predicted octanol–water partition coefficient (Wildman–Crippen LogP) is 4.40. The summed E-state index contributed by atoms with van der Waals surface area (Å²) in [7, 11) is 0. The number of nitrogens with zero attached hydrogens (tertiary/aromatic N) is 1. The van der Waals surface area contributed by atoms with Crippen molar-refractivity contribution in [2.45, 2.75) is 31.2 Å². The van der Waals surface area contributed by atoms with Crippen LogP contribution in [-0.2, 0) is 10.2 Å². The third-order valence-corrected chi connectivity index (χ3v) is 5.58. The van der Waals surface area contributed by atoms with Crippen LogP contribution >= 0.6 is 11.6 Å². The fourth-order valence-electron chi connectivity index (χ4n) is 3.64. The molecule has 2 aromatic carbocycles. The first-order valence-electron chi connectivity index (χ1n) is 8.99. The number of nitrogens with one attached hydrogen (secondary N) is 1. The van der Waals surface area contributed by atoms with Gasteiger partial charge in [0.05, 0.1) is 11.5 Å². The summed E-state index contributed by atoms with van der Waals surface area (Å²) in [5.41, 5.74) is 1.04. The van der Waals surface area contributed by atoms with E-state index < -0.39 is 10.8 Å². The number of halogens is 2. The number of likely N-dealkylation sites (tertiary alicyclic amines) is 1. The second-order valence-electron chi connectivity index (χ2n) is 6.93. The Labute approximate surface area is 163 Å². The number of rotatable bonds is 4. The lowest BCUT2D eigenvalue weighted by molar-refractivity contribution is -0.129. The van der Waals surface area contributed by atoms with Gasteiger partial charge in [-0.15, -0.1) is 0 Å². The Hall–Kier alpha value is -2.40. The molecule has 1 unspecified atom stereocenters. The van der Waals surface area contributed by atoms with Crippen molar-refractivity contribution in [3.05, 3.63) is 71.5 Å². The molecule has 1 N–H and O–H groups in total. The van der Waals surface area contributed by atoms with Gasteiger partial charge in [-0.25, -0.2) is 4.39 Å². The van der Waals surface area contributed by atoms with Gasteiger partial charge in [-0.2, -0.15) is 0 Å². The molecule has 2 amide bonds. The van der Waals surface area contributed by atoms with Crippen LogP contribution in [0.15, 0.2) is 54.6 Å². The molecule has 4 nitrogen and oxygen atoms in total. The zero-order valence-electron chi connectivity index (χ0n) is 15.1. The Bertz CT molecular complexity index is 803. The molecule has 1 aliphatic rings. The highest BCUT2D eigenvalue weighted by Crippen LogP contribution is 2.37. The van der Waals surface area contributed by atoms with Gasteiger partial charge in [0.25, 0.3) is 0 Å². The molecule has 0 spiro atoms. The van der Waals surface area contributed by atoms with E-state index in [4.69, 9.17) is 11.6 Å². The summed E-state index contributed by atoms with van der Waals surface area (Å²) in [6.45, 7) is 2.73. The average Bonchev–Trinajstić information content (AvgIpc) is 2.69. The second kappa shape index (κ2) is 8.09. The minimum absolute atomic E-state index is 0.0906. The van der Waals surface area contributed by atoms with Gasteiger partial charge in [-0.05, 0) is 54.6 Å². The van der Waals surface area contributed by atoms with Crippen LogP contribution in [-0.4, -0.2) is 29.3 Å². The van der Waals surface area contributed by atoms with Crippen molar-refractivity contribution in [2.75, 3.05) is 13.1 Å². The third kappa shape index (κ3) is 4.14. The molecule has 0 bridgehead atoms. The van der Waals surface area contributed by atoms with Crippen LogP contribution in [0.4, 0.5) is 9.18 Å². The van der Waals surface area contributed by atoms with Gasteiger partial charge in [0.15, 0.2) is 0 Å². The van der Waals surface area contributed by atoms with E-state index in [9.17, 15) is 14.0 Å². The van der Waals surface area contributed by atoms with E-state index in [1.807, 2.05) is 37.3 Å². The minimum atomic E-state index is -0.724. The fourth-order valence-corrected chi connectivity index (χ4v) is 3.81. The Morgan fingerprint density at radius 3 is 2.22 bits per heavy atom. The molecule has 2 aromatic rings. The molecule has 1 fully saturated rings. The lowest BCUT2D eigenvalue weighted by atomic mass is 9.72. The molecule has 0 aliphatic carbocycles. The van der Waals surface area contributed by atoms with E-state index in [1.54, 1.807) is 17.0 Å². The second-order valence-corrected chi connectivity index (χ2v) is 7.26. The number of benzene rings is 2. The molecule has 0 radical (unpaired) electrons. The van der Waals surface area contributed by atoms with Crippen molar-refractivity contribution in [1.29, 1.82) is 0 Å². The first-order chi connectivity index (χ1) is 12.9. The zero-order valence-corrected chi connectivity index (χ0v) is 15.9. The Balaban J connectivity index is 1.84. The molecular weight excluding hydrogens is 367 g/mol. The highest BCUT2D eigenvalue weighted by molar-refractivity contribution is 6.62. The van der Waals surface area contributed by atoms with Crippen LogP contribution in [0.1, 0.15) is 36.9 Å². The van der Waals surface area contributed by atoms with E-state index in [2.05, 4.69) is 5.32 Å². The summed E-state index contributed by atoms with van der Waals surface area (Å²) < 4.78 is 13.2. The van der Waals surface area contributed by atoms with E-state index in [0.717, 1.165) is 11.1 Å². The molecular formula is C21H22ClFN2O2. The molecule has 3 rings (SSSR count). The topological polar surface area (TPSA) is 49.4 Å². The van der Waals surface area contributed by atoms with Gasteiger partial charge in [-0.1, -0.05) is 42.5 Å². The summed E-state index contributed by atoms with van der Waals surface area (Å²) in [6.07, 6.45) is 0.995. The number of hydrogen-bond acceptors (Lipinski definition) is 2. The van der Waals surface area contributed by atoms with Gasteiger partial charge in [-0.3, -0.25) is 9.59 Å². The first kappa shape index (κ1) is 19.4. The van der Waals surface area contributed by atoms with Crippen LogP contribution in [0.3, 0.4) is 0 Å². The average molecular weight is 389 g/mol. The van der Waals surface area contributed by atoms with Gasteiger partial charge < -0.3 is 10.2 Å². The van der Waals surface area contributed by atoms with Gasteiger partial charge >= 0.3 is 5.37 Å². The van der Waals surface area contributed by atoms with Crippen LogP contribution in [0.5, 0.6) is 0 Å². The van der Waals surface area contributed by atoms with Gasteiger partial charge in [0.2, 0.25) is 5.91 Å². The molecule has 27 heavy (non-hydrogen) atoms. The summed E-state index contributed by atoms with van der Waals surface area (Å²) >= 11 is 5.61. The smallest absolute Gasteiger partial charge is 0.316 e. The van der Waals surface area contributed by atoms with Crippen molar-refractivity contribution in [3.63, 3.8) is 0 Å². The predicted molar refractivity (Wildman–Crippen MR) is 103 cm³/mol. The van der Waals surface area contributed by atoms with E-state index >= 15 is 0 Å². The van der Waals surface area contributed by atoms with Crippen LogP contribution in [0.25, 0.3) is 0 Å². The monoisotopic (exact) mass is 388 g/mol. The molecule has 1 saturated heterocycles. The maximum atomic E-state index is 13.3. The molecule has 0 saturated carbocycles. The molecule has 1 atom stereocenters. The number of carbonyl (C=O) groups excluding carboxylic acids is 2. The summed E-state index contributed by atoms with van der Waals surface area (Å²) in [6, 6.07) is 15.5. The van der Waals surface area contributed by atoms with Crippen molar-refractivity contribution in [2.24, 2.45) is 0 Å². The van der Waals surface area contributed by atoms with E-state index in [-0.39, 0.29) is 17.8 Å². The molecule has 0 aromatic heterocycles. The normalized spacial score (nSPS) is 17.2. The highest BCUT2D eigenvalue weighted by Gasteiger charge is 2.43. The third-order valence-electron chi connectivity index (χ3n) is 5.34. The minimum Gasteiger partial charge on any atom is -0.349 e. The van der Waals surface area contributed by atoms with Gasteiger partial charge in [0, 0.05) is 13.1 Å². The zero-order chi connectivity index (χ0) is 19.4. The van der Waals surface area contributed by atoms with Crippen molar-refractivity contribution >= 4 is 22.9 Å².